The predicted molar refractivity (Wildman–Crippen MR) is 86.1 cm³/mol. The summed E-state index contributed by atoms with van der Waals surface area (Å²) in [5.74, 6) is 0.175. The zero-order chi connectivity index (χ0) is 16.1. The Balaban J connectivity index is 2.42. The van der Waals surface area contributed by atoms with E-state index in [9.17, 15) is 13.2 Å². The Labute approximate surface area is 129 Å². The van der Waals surface area contributed by atoms with Crippen LogP contribution in [0, 0.1) is 0 Å². The molecule has 1 fully saturated rings. The Kier molecular flexibility index (Phi) is 6.66. The molecule has 0 aromatic rings. The fourth-order valence-corrected chi connectivity index (χ4v) is 2.68. The summed E-state index contributed by atoms with van der Waals surface area (Å²) < 4.78 is 22.5. The number of carbonyl (C=O) groups excluding carboxylic acids is 1. The third kappa shape index (κ3) is 5.94. The van der Waals surface area contributed by atoms with Gasteiger partial charge in [0.05, 0.1) is 4.75 Å². The molecule has 1 aliphatic heterocycles. The van der Waals surface area contributed by atoms with Crippen LogP contribution >= 0.6 is 0 Å². The second-order valence-corrected chi connectivity index (χ2v) is 9.46. The van der Waals surface area contributed by atoms with Crippen molar-refractivity contribution >= 4 is 15.7 Å². The molecule has 0 aliphatic carbocycles. The van der Waals surface area contributed by atoms with Crippen molar-refractivity contribution in [3.05, 3.63) is 0 Å². The van der Waals surface area contributed by atoms with Gasteiger partial charge in [-0.05, 0) is 33.6 Å². The van der Waals surface area contributed by atoms with Crippen LogP contribution in [0.4, 0.5) is 0 Å². The molecule has 6 heteroatoms. The topological polar surface area (TPSA) is 66.5 Å². The largest absolute Gasteiger partial charge is 0.343 e. The van der Waals surface area contributed by atoms with Gasteiger partial charge in [-0.1, -0.05) is 12.8 Å². The van der Waals surface area contributed by atoms with Crippen LogP contribution in [-0.2, 0) is 14.6 Å². The van der Waals surface area contributed by atoms with Crippen molar-refractivity contribution in [2.24, 2.45) is 0 Å². The maximum absolute atomic E-state index is 12.3. The number of nitrogens with zero attached hydrogens (tertiary/aromatic N) is 1. The second kappa shape index (κ2) is 7.58. The normalized spacial score (nSPS) is 19.1. The van der Waals surface area contributed by atoms with Gasteiger partial charge in [0.15, 0.2) is 9.84 Å². The molecule has 1 atom stereocenters. The lowest BCUT2D eigenvalue weighted by atomic mass is 10.1. The molecular formula is C15H30N2O3S. The molecule has 21 heavy (non-hydrogen) atoms. The number of rotatable bonds is 6. The van der Waals surface area contributed by atoms with Gasteiger partial charge in [-0.3, -0.25) is 4.79 Å². The summed E-state index contributed by atoms with van der Waals surface area (Å²) in [7, 11) is -3.11. The number of amides is 1. The van der Waals surface area contributed by atoms with E-state index in [4.69, 9.17) is 0 Å². The molecule has 0 aromatic heterocycles. The van der Waals surface area contributed by atoms with E-state index >= 15 is 0 Å². The van der Waals surface area contributed by atoms with Gasteiger partial charge in [-0.2, -0.15) is 0 Å². The van der Waals surface area contributed by atoms with E-state index in [0.717, 1.165) is 25.9 Å². The van der Waals surface area contributed by atoms with Gasteiger partial charge < -0.3 is 10.2 Å². The third-order valence-corrected chi connectivity index (χ3v) is 6.47. The summed E-state index contributed by atoms with van der Waals surface area (Å²) in [4.78, 5) is 14.2. The number of sulfone groups is 1. The highest BCUT2D eigenvalue weighted by Gasteiger charge is 2.30. The number of hydrogen-bond donors (Lipinski definition) is 1. The Morgan fingerprint density at radius 2 is 1.71 bits per heavy atom. The summed E-state index contributed by atoms with van der Waals surface area (Å²) in [5, 5.41) is 3.19. The third-order valence-electron chi connectivity index (χ3n) is 4.32. The van der Waals surface area contributed by atoms with Crippen molar-refractivity contribution < 1.29 is 13.2 Å². The first-order valence-corrected chi connectivity index (χ1v) is 9.73. The van der Waals surface area contributed by atoms with Gasteiger partial charge >= 0.3 is 0 Å². The molecule has 1 saturated heterocycles. The summed E-state index contributed by atoms with van der Waals surface area (Å²) >= 11 is 0. The van der Waals surface area contributed by atoms with Crippen LogP contribution in [0.2, 0.25) is 0 Å². The van der Waals surface area contributed by atoms with Gasteiger partial charge in [-0.15, -0.1) is 0 Å². The van der Waals surface area contributed by atoms with Crippen LogP contribution in [0.3, 0.4) is 0 Å². The van der Waals surface area contributed by atoms with Crippen LogP contribution in [-0.4, -0.2) is 55.9 Å². The number of likely N-dealkylation sites (tertiary alicyclic amines) is 1. The Morgan fingerprint density at radius 1 is 1.19 bits per heavy atom. The van der Waals surface area contributed by atoms with E-state index in [-0.39, 0.29) is 11.9 Å². The molecule has 1 aliphatic rings. The molecule has 1 heterocycles. The highest BCUT2D eigenvalue weighted by Crippen LogP contribution is 2.15. The number of carbonyl (C=O) groups is 1. The maximum atomic E-state index is 12.3. The Hall–Kier alpha value is -0.620. The molecule has 0 radical (unpaired) electrons. The van der Waals surface area contributed by atoms with E-state index in [1.165, 1.54) is 19.1 Å². The highest BCUT2D eigenvalue weighted by atomic mass is 32.2. The SMILES string of the molecule is C[C@H](CC(=O)N1CCCCCC1)NCC(C)(C)S(C)(=O)=O. The molecule has 5 nitrogen and oxygen atoms in total. The molecule has 1 N–H and O–H groups in total. The number of nitrogens with one attached hydrogen (secondary N) is 1. The summed E-state index contributed by atoms with van der Waals surface area (Å²) in [5.41, 5.74) is 0. The van der Waals surface area contributed by atoms with Crippen molar-refractivity contribution in [1.29, 1.82) is 0 Å². The van der Waals surface area contributed by atoms with E-state index in [1.807, 2.05) is 11.8 Å². The monoisotopic (exact) mass is 318 g/mol. The summed E-state index contributed by atoms with van der Waals surface area (Å²) in [6.45, 7) is 7.44. The van der Waals surface area contributed by atoms with E-state index in [1.54, 1.807) is 13.8 Å². The molecule has 1 rings (SSSR count). The van der Waals surface area contributed by atoms with Crippen molar-refractivity contribution in [1.82, 2.24) is 10.2 Å². The van der Waals surface area contributed by atoms with Crippen molar-refractivity contribution in [2.75, 3.05) is 25.9 Å². The average Bonchev–Trinajstić information content (AvgIpc) is 2.64. The van der Waals surface area contributed by atoms with Gasteiger partial charge in [0.2, 0.25) is 5.91 Å². The Bertz CT molecular complexity index is 438. The second-order valence-electron chi connectivity index (χ2n) is 6.81. The maximum Gasteiger partial charge on any atom is 0.224 e. The lowest BCUT2D eigenvalue weighted by Gasteiger charge is -2.27. The lowest BCUT2D eigenvalue weighted by molar-refractivity contribution is -0.131. The quantitative estimate of drug-likeness (QED) is 0.807. The van der Waals surface area contributed by atoms with Crippen LogP contribution < -0.4 is 5.32 Å². The average molecular weight is 318 g/mol. The zero-order valence-electron chi connectivity index (χ0n) is 13.8. The first kappa shape index (κ1) is 18.4. The Morgan fingerprint density at radius 3 is 2.19 bits per heavy atom. The standard InChI is InChI=1S/C15H30N2O3S/c1-13(16-12-15(2,3)21(4,19)20)11-14(18)17-9-7-5-6-8-10-17/h13,16H,5-12H2,1-4H3/t13-/m1/s1. The fraction of sp³-hybridized carbons (Fsp3) is 0.933. The van der Waals surface area contributed by atoms with Crippen LogP contribution in [0.5, 0.6) is 0 Å². The molecule has 0 unspecified atom stereocenters. The molecular weight excluding hydrogens is 288 g/mol. The van der Waals surface area contributed by atoms with Crippen molar-refractivity contribution in [3.63, 3.8) is 0 Å². The van der Waals surface area contributed by atoms with Crippen molar-refractivity contribution in [2.45, 2.75) is 63.7 Å². The molecule has 0 spiro atoms. The van der Waals surface area contributed by atoms with Gasteiger partial charge in [0.25, 0.3) is 0 Å². The molecule has 124 valence electrons. The van der Waals surface area contributed by atoms with E-state index in [0.29, 0.717) is 13.0 Å². The lowest BCUT2D eigenvalue weighted by Crippen LogP contribution is -2.46. The first-order chi connectivity index (χ1) is 9.63. The molecule has 0 aromatic carbocycles. The smallest absolute Gasteiger partial charge is 0.224 e. The minimum absolute atomic E-state index is 0.0122. The minimum Gasteiger partial charge on any atom is -0.343 e. The molecule has 0 saturated carbocycles. The fourth-order valence-electron chi connectivity index (χ4n) is 2.33. The number of hydrogen-bond acceptors (Lipinski definition) is 4. The predicted octanol–water partition coefficient (Wildman–Crippen LogP) is 1.58. The van der Waals surface area contributed by atoms with Crippen molar-refractivity contribution in [3.8, 4) is 0 Å². The van der Waals surface area contributed by atoms with Crippen LogP contribution in [0.1, 0.15) is 52.9 Å². The summed E-state index contributed by atoms with van der Waals surface area (Å²) in [6, 6.07) is -0.0122. The van der Waals surface area contributed by atoms with Gasteiger partial charge in [-0.25, -0.2) is 8.42 Å². The van der Waals surface area contributed by atoms with E-state index < -0.39 is 14.6 Å². The first-order valence-electron chi connectivity index (χ1n) is 7.84. The van der Waals surface area contributed by atoms with Crippen LogP contribution in [0.15, 0.2) is 0 Å². The molecule has 0 bridgehead atoms. The minimum atomic E-state index is -3.11. The summed E-state index contributed by atoms with van der Waals surface area (Å²) in [6.07, 6.45) is 6.28. The zero-order valence-corrected chi connectivity index (χ0v) is 14.6. The molecule has 1 amide bonds. The van der Waals surface area contributed by atoms with Crippen LogP contribution in [0.25, 0.3) is 0 Å². The highest BCUT2D eigenvalue weighted by molar-refractivity contribution is 7.92. The van der Waals surface area contributed by atoms with Gasteiger partial charge in [0, 0.05) is 38.4 Å². The van der Waals surface area contributed by atoms with Gasteiger partial charge in [0.1, 0.15) is 0 Å². The van der Waals surface area contributed by atoms with E-state index in [2.05, 4.69) is 5.32 Å².